The van der Waals surface area contributed by atoms with Crippen molar-refractivity contribution in [1.82, 2.24) is 24.9 Å². The Balaban J connectivity index is 1.77. The summed E-state index contributed by atoms with van der Waals surface area (Å²) in [5.74, 6) is 0.725. The van der Waals surface area contributed by atoms with Gasteiger partial charge in [0.15, 0.2) is 17.1 Å². The first-order chi connectivity index (χ1) is 15.4. The number of piperidine rings is 1. The van der Waals surface area contributed by atoms with Crippen molar-refractivity contribution >= 4 is 39.3 Å². The lowest BCUT2D eigenvalue weighted by atomic mass is 10.0. The zero-order valence-corrected chi connectivity index (χ0v) is 18.3. The van der Waals surface area contributed by atoms with E-state index in [1.54, 1.807) is 10.7 Å². The number of aliphatic hydroxyl groups excluding tert-OH is 1. The second-order valence-electron chi connectivity index (χ2n) is 8.09. The van der Waals surface area contributed by atoms with E-state index in [0.717, 1.165) is 30.3 Å². The van der Waals surface area contributed by atoms with Crippen molar-refractivity contribution in [1.29, 1.82) is 0 Å². The molecule has 4 N–H and O–H groups in total. The van der Waals surface area contributed by atoms with Crippen molar-refractivity contribution in [2.75, 3.05) is 18.8 Å². The molecule has 0 amide bonds. The van der Waals surface area contributed by atoms with Gasteiger partial charge in [-0.1, -0.05) is 18.2 Å². The standard InChI is InChI=1S/C22H23ClN6O3/c1-3-16(30)28-8-4-5-13(10-28)29-19(17-18(27-29)22(31)26-25-21(17)24)20-11(2)14-9-12(23)6-7-15(14)32-20/h3,6-7,9,13,16,30H,1,4-5,8,10H2,2H3,(H2,24,25)(H,26,31). The van der Waals surface area contributed by atoms with Crippen molar-refractivity contribution in [2.24, 2.45) is 0 Å². The molecule has 1 aliphatic heterocycles. The molecular weight excluding hydrogens is 432 g/mol. The first kappa shape index (κ1) is 20.7. The Morgan fingerprint density at radius 1 is 1.47 bits per heavy atom. The van der Waals surface area contributed by atoms with Crippen LogP contribution in [0.3, 0.4) is 0 Å². The lowest BCUT2D eigenvalue weighted by Crippen LogP contribution is -2.42. The van der Waals surface area contributed by atoms with E-state index in [1.165, 1.54) is 6.08 Å². The number of H-pyrrole nitrogens is 1. The summed E-state index contributed by atoms with van der Waals surface area (Å²) in [4.78, 5) is 14.5. The summed E-state index contributed by atoms with van der Waals surface area (Å²) < 4.78 is 8.03. The number of benzene rings is 1. The van der Waals surface area contributed by atoms with E-state index in [1.807, 2.05) is 24.0 Å². The van der Waals surface area contributed by atoms with Crippen LogP contribution in [-0.4, -0.2) is 49.3 Å². The van der Waals surface area contributed by atoms with Crippen LogP contribution in [-0.2, 0) is 0 Å². The van der Waals surface area contributed by atoms with Crippen LogP contribution < -0.4 is 11.3 Å². The first-order valence-electron chi connectivity index (χ1n) is 10.4. The van der Waals surface area contributed by atoms with Crippen LogP contribution in [0.1, 0.15) is 24.4 Å². The van der Waals surface area contributed by atoms with Gasteiger partial charge in [-0.05, 0) is 44.0 Å². The monoisotopic (exact) mass is 454 g/mol. The summed E-state index contributed by atoms with van der Waals surface area (Å²) >= 11 is 6.21. The van der Waals surface area contributed by atoms with E-state index < -0.39 is 11.8 Å². The summed E-state index contributed by atoms with van der Waals surface area (Å²) in [7, 11) is 0. The van der Waals surface area contributed by atoms with Gasteiger partial charge in [0.2, 0.25) is 0 Å². The highest BCUT2D eigenvalue weighted by molar-refractivity contribution is 6.31. The van der Waals surface area contributed by atoms with Crippen molar-refractivity contribution in [3.8, 4) is 11.5 Å². The molecule has 3 aromatic heterocycles. The number of likely N-dealkylation sites (tertiary alicyclic amines) is 1. The average Bonchev–Trinajstić information content (AvgIpc) is 3.35. The third kappa shape index (κ3) is 3.21. The topological polar surface area (TPSA) is 126 Å². The van der Waals surface area contributed by atoms with Gasteiger partial charge in [-0.25, -0.2) is 5.10 Å². The van der Waals surface area contributed by atoms with E-state index in [2.05, 4.69) is 21.9 Å². The van der Waals surface area contributed by atoms with E-state index in [-0.39, 0.29) is 17.4 Å². The Hall–Kier alpha value is -3.14. The lowest BCUT2D eigenvalue weighted by molar-refractivity contribution is 0.0124. The maximum absolute atomic E-state index is 12.6. The number of halogens is 1. The number of aromatic nitrogens is 4. The molecule has 0 aliphatic carbocycles. The van der Waals surface area contributed by atoms with Crippen LogP contribution in [0.4, 0.5) is 5.82 Å². The van der Waals surface area contributed by atoms with Crippen LogP contribution in [0.2, 0.25) is 5.02 Å². The molecule has 0 radical (unpaired) electrons. The number of anilines is 1. The Morgan fingerprint density at radius 2 is 2.28 bits per heavy atom. The number of aryl methyl sites for hydroxylation is 1. The number of rotatable bonds is 4. The molecule has 1 aliphatic rings. The second-order valence-corrected chi connectivity index (χ2v) is 8.53. The number of hydrogen-bond donors (Lipinski definition) is 3. The molecule has 0 saturated carbocycles. The number of furan rings is 1. The molecule has 4 heterocycles. The third-order valence-corrected chi connectivity index (χ3v) is 6.37. The molecule has 1 fully saturated rings. The minimum atomic E-state index is -0.753. The molecule has 32 heavy (non-hydrogen) atoms. The van der Waals surface area contributed by atoms with Crippen LogP contribution in [0, 0.1) is 6.92 Å². The summed E-state index contributed by atoms with van der Waals surface area (Å²) in [5.41, 5.74) is 8.12. The number of nitrogens with two attached hydrogens (primary N) is 1. The molecule has 166 valence electrons. The highest BCUT2D eigenvalue weighted by atomic mass is 35.5. The quantitative estimate of drug-likeness (QED) is 0.404. The number of nitrogens with one attached hydrogen (secondary N) is 1. The Bertz CT molecular complexity index is 1400. The van der Waals surface area contributed by atoms with Crippen LogP contribution in [0.5, 0.6) is 0 Å². The molecule has 5 rings (SSSR count). The molecule has 0 bridgehead atoms. The smallest absolute Gasteiger partial charge is 0.292 e. The fourth-order valence-electron chi connectivity index (χ4n) is 4.53. The van der Waals surface area contributed by atoms with Gasteiger partial charge >= 0.3 is 0 Å². The van der Waals surface area contributed by atoms with Gasteiger partial charge in [-0.15, -0.1) is 0 Å². The van der Waals surface area contributed by atoms with E-state index in [9.17, 15) is 9.90 Å². The van der Waals surface area contributed by atoms with Crippen molar-refractivity contribution < 1.29 is 9.52 Å². The van der Waals surface area contributed by atoms with E-state index in [0.29, 0.717) is 34.0 Å². The van der Waals surface area contributed by atoms with Gasteiger partial charge in [0.05, 0.1) is 11.4 Å². The molecule has 4 aromatic rings. The Labute approximate surface area is 188 Å². The number of hydrogen-bond acceptors (Lipinski definition) is 7. The number of aliphatic hydroxyl groups is 1. The fourth-order valence-corrected chi connectivity index (χ4v) is 4.70. The normalized spacial score (nSPS) is 18.4. The molecule has 1 aromatic carbocycles. The molecule has 10 heteroatoms. The third-order valence-electron chi connectivity index (χ3n) is 6.13. The highest BCUT2D eigenvalue weighted by Crippen LogP contribution is 2.40. The van der Waals surface area contributed by atoms with Gasteiger partial charge in [0, 0.05) is 29.1 Å². The molecule has 2 atom stereocenters. The zero-order chi connectivity index (χ0) is 22.6. The average molecular weight is 455 g/mol. The van der Waals surface area contributed by atoms with Crippen molar-refractivity contribution in [2.45, 2.75) is 32.0 Å². The number of aromatic amines is 1. The number of nitrogens with zero attached hydrogens (tertiary/aromatic N) is 4. The predicted octanol–water partition coefficient (Wildman–Crippen LogP) is 3.22. The Kier molecular flexibility index (Phi) is 5.04. The maximum Gasteiger partial charge on any atom is 0.292 e. The van der Waals surface area contributed by atoms with Crippen LogP contribution in [0.25, 0.3) is 33.3 Å². The number of nitrogen functional groups attached to an aromatic ring is 1. The van der Waals surface area contributed by atoms with Gasteiger partial charge < -0.3 is 15.3 Å². The molecule has 0 spiro atoms. The fraction of sp³-hybridized carbons (Fsp3) is 0.318. The van der Waals surface area contributed by atoms with E-state index in [4.69, 9.17) is 21.8 Å². The van der Waals surface area contributed by atoms with E-state index >= 15 is 0 Å². The van der Waals surface area contributed by atoms with Gasteiger partial charge in [-0.2, -0.15) is 10.2 Å². The minimum absolute atomic E-state index is 0.115. The van der Waals surface area contributed by atoms with Crippen molar-refractivity contribution in [3.05, 3.63) is 51.8 Å². The summed E-state index contributed by atoms with van der Waals surface area (Å²) in [6, 6.07) is 5.31. The largest absolute Gasteiger partial charge is 0.454 e. The summed E-state index contributed by atoms with van der Waals surface area (Å²) in [6.07, 6.45) is 2.42. The predicted molar refractivity (Wildman–Crippen MR) is 124 cm³/mol. The highest BCUT2D eigenvalue weighted by Gasteiger charge is 2.31. The first-order valence-corrected chi connectivity index (χ1v) is 10.8. The number of fused-ring (bicyclic) bond motifs is 2. The van der Waals surface area contributed by atoms with Crippen molar-refractivity contribution in [3.63, 3.8) is 0 Å². The molecular formula is C22H23ClN6O3. The second kappa shape index (κ2) is 7.77. The SMILES string of the molecule is C=CC(O)N1CCCC(n2nc3c(=O)[nH]nc(N)c3c2-c2oc3ccc(Cl)cc3c2C)C1. The minimum Gasteiger partial charge on any atom is -0.454 e. The van der Waals surface area contributed by atoms with Gasteiger partial charge in [0.25, 0.3) is 5.56 Å². The van der Waals surface area contributed by atoms with Crippen LogP contribution in [0.15, 0.2) is 40.1 Å². The molecule has 1 saturated heterocycles. The van der Waals surface area contributed by atoms with Crippen LogP contribution >= 0.6 is 11.6 Å². The zero-order valence-electron chi connectivity index (χ0n) is 17.5. The molecule has 2 unspecified atom stereocenters. The van der Waals surface area contributed by atoms with Gasteiger partial charge in [0.1, 0.15) is 17.5 Å². The lowest BCUT2D eigenvalue weighted by Gasteiger charge is -2.35. The Morgan fingerprint density at radius 3 is 3.06 bits per heavy atom. The molecule has 9 nitrogen and oxygen atoms in total. The van der Waals surface area contributed by atoms with Gasteiger partial charge in [-0.3, -0.25) is 14.4 Å². The maximum atomic E-state index is 12.6. The summed E-state index contributed by atoms with van der Waals surface area (Å²) in [6.45, 7) is 6.90. The summed E-state index contributed by atoms with van der Waals surface area (Å²) in [5, 5.41) is 23.2.